The van der Waals surface area contributed by atoms with E-state index in [1.165, 1.54) is 42.0 Å². The maximum atomic E-state index is 4.47. The lowest BCUT2D eigenvalue weighted by Gasteiger charge is -2.28. The topological polar surface area (TPSA) is 24.9 Å². The van der Waals surface area contributed by atoms with E-state index in [0.29, 0.717) is 6.04 Å². The molecule has 0 unspecified atom stereocenters. The minimum atomic E-state index is 0.677. The van der Waals surface area contributed by atoms with Crippen molar-refractivity contribution >= 4 is 11.3 Å². The Morgan fingerprint density at radius 1 is 1.39 bits per heavy atom. The van der Waals surface area contributed by atoms with Crippen molar-refractivity contribution in [1.82, 2.24) is 10.3 Å². The van der Waals surface area contributed by atoms with E-state index < -0.39 is 0 Å². The summed E-state index contributed by atoms with van der Waals surface area (Å²) < 4.78 is 0. The molecule has 1 fully saturated rings. The monoisotopic (exact) mass is 266 g/mol. The second-order valence-electron chi connectivity index (χ2n) is 5.46. The number of thiazole rings is 1. The molecule has 1 saturated carbocycles. The van der Waals surface area contributed by atoms with Crippen molar-refractivity contribution in [2.45, 2.75) is 64.8 Å². The van der Waals surface area contributed by atoms with Gasteiger partial charge in [-0.1, -0.05) is 26.2 Å². The van der Waals surface area contributed by atoms with Crippen LogP contribution in [-0.2, 0) is 12.8 Å². The van der Waals surface area contributed by atoms with Gasteiger partial charge in [0.25, 0.3) is 0 Å². The van der Waals surface area contributed by atoms with Crippen LogP contribution in [0, 0.1) is 5.92 Å². The fraction of sp³-hybridized carbons (Fsp3) is 0.800. The molecule has 18 heavy (non-hydrogen) atoms. The molecule has 0 aliphatic heterocycles. The lowest BCUT2D eigenvalue weighted by molar-refractivity contribution is 0.283. The van der Waals surface area contributed by atoms with Gasteiger partial charge in [0, 0.05) is 30.1 Å². The predicted octanol–water partition coefficient (Wildman–Crippen LogP) is 3.81. The molecule has 1 aliphatic rings. The van der Waals surface area contributed by atoms with Gasteiger partial charge in [-0.3, -0.25) is 0 Å². The third-order valence-electron chi connectivity index (χ3n) is 4.11. The van der Waals surface area contributed by atoms with Crippen molar-refractivity contribution in [2.24, 2.45) is 5.92 Å². The maximum absolute atomic E-state index is 4.47. The number of nitrogens with one attached hydrogen (secondary N) is 1. The van der Waals surface area contributed by atoms with Crippen molar-refractivity contribution in [3.05, 3.63) is 16.1 Å². The summed E-state index contributed by atoms with van der Waals surface area (Å²) >= 11 is 1.87. The Kier molecular flexibility index (Phi) is 5.64. The zero-order chi connectivity index (χ0) is 12.8. The van der Waals surface area contributed by atoms with Crippen LogP contribution >= 0.6 is 11.3 Å². The number of aromatic nitrogens is 1. The zero-order valence-corrected chi connectivity index (χ0v) is 12.6. The van der Waals surface area contributed by atoms with Crippen LogP contribution in [0.5, 0.6) is 0 Å². The predicted molar refractivity (Wildman–Crippen MR) is 79.2 cm³/mol. The Morgan fingerprint density at radius 3 is 2.83 bits per heavy atom. The van der Waals surface area contributed by atoms with E-state index in [9.17, 15) is 0 Å². The van der Waals surface area contributed by atoms with Crippen LogP contribution < -0.4 is 5.32 Å². The molecule has 2 rings (SSSR count). The van der Waals surface area contributed by atoms with Crippen LogP contribution in [0.25, 0.3) is 0 Å². The molecule has 3 heteroatoms. The van der Waals surface area contributed by atoms with Crippen LogP contribution in [0.15, 0.2) is 6.20 Å². The highest BCUT2D eigenvalue weighted by Gasteiger charge is 2.19. The van der Waals surface area contributed by atoms with Crippen molar-refractivity contribution in [1.29, 1.82) is 0 Å². The minimum Gasteiger partial charge on any atom is -0.314 e. The molecular weight excluding hydrogens is 240 g/mol. The highest BCUT2D eigenvalue weighted by Crippen LogP contribution is 2.26. The summed E-state index contributed by atoms with van der Waals surface area (Å²) in [5.41, 5.74) is 0. The second kappa shape index (κ2) is 7.25. The Balaban J connectivity index is 1.67. The highest BCUT2D eigenvalue weighted by atomic mass is 32.1. The van der Waals surface area contributed by atoms with Gasteiger partial charge >= 0.3 is 0 Å². The third kappa shape index (κ3) is 4.06. The van der Waals surface area contributed by atoms with E-state index in [2.05, 4.69) is 24.1 Å². The molecule has 0 saturated heterocycles. The van der Waals surface area contributed by atoms with E-state index in [-0.39, 0.29) is 0 Å². The smallest absolute Gasteiger partial charge is 0.0940 e. The fourth-order valence-corrected chi connectivity index (χ4v) is 3.70. The molecule has 1 aromatic heterocycles. The molecule has 1 aliphatic carbocycles. The summed E-state index contributed by atoms with van der Waals surface area (Å²) in [7, 11) is 0. The second-order valence-corrected chi connectivity index (χ2v) is 6.66. The van der Waals surface area contributed by atoms with Gasteiger partial charge in [-0.05, 0) is 32.1 Å². The van der Waals surface area contributed by atoms with Gasteiger partial charge in [-0.2, -0.15) is 0 Å². The first-order valence-electron chi connectivity index (χ1n) is 7.46. The largest absolute Gasteiger partial charge is 0.314 e. The first-order chi connectivity index (χ1) is 8.79. The standard InChI is InChI=1S/C15H26N2S/c1-3-14-11-17-15(18-14)9-10-16-12(2)13-7-5-4-6-8-13/h11-13,16H,3-10H2,1-2H3/t12-/m1/s1. The molecular formula is C15H26N2S. The van der Waals surface area contributed by atoms with Crippen LogP contribution in [0.1, 0.15) is 55.8 Å². The molecule has 0 spiro atoms. The van der Waals surface area contributed by atoms with Crippen LogP contribution in [0.4, 0.5) is 0 Å². The van der Waals surface area contributed by atoms with Crippen molar-refractivity contribution in [3.63, 3.8) is 0 Å². The van der Waals surface area contributed by atoms with Gasteiger partial charge in [-0.25, -0.2) is 4.98 Å². The molecule has 1 N–H and O–H groups in total. The Morgan fingerprint density at radius 2 is 2.17 bits per heavy atom. The molecule has 0 radical (unpaired) electrons. The summed E-state index contributed by atoms with van der Waals surface area (Å²) in [4.78, 5) is 5.88. The summed E-state index contributed by atoms with van der Waals surface area (Å²) in [5.74, 6) is 0.904. The van der Waals surface area contributed by atoms with E-state index in [4.69, 9.17) is 0 Å². The van der Waals surface area contributed by atoms with Gasteiger partial charge in [0.15, 0.2) is 0 Å². The molecule has 1 aromatic rings. The van der Waals surface area contributed by atoms with Crippen molar-refractivity contribution in [2.75, 3.05) is 6.54 Å². The molecule has 1 heterocycles. The van der Waals surface area contributed by atoms with Crippen molar-refractivity contribution in [3.8, 4) is 0 Å². The SMILES string of the molecule is CCc1cnc(CCN[C@H](C)C2CCCCC2)s1. The fourth-order valence-electron chi connectivity index (χ4n) is 2.83. The summed E-state index contributed by atoms with van der Waals surface area (Å²) in [6.45, 7) is 5.63. The van der Waals surface area contributed by atoms with Gasteiger partial charge in [0.2, 0.25) is 0 Å². The summed E-state index contributed by atoms with van der Waals surface area (Å²) in [6.07, 6.45) is 11.4. The first-order valence-corrected chi connectivity index (χ1v) is 8.28. The number of hydrogen-bond donors (Lipinski definition) is 1. The molecule has 0 bridgehead atoms. The van der Waals surface area contributed by atoms with Gasteiger partial charge in [-0.15, -0.1) is 11.3 Å². The lowest BCUT2D eigenvalue weighted by Crippen LogP contribution is -2.35. The highest BCUT2D eigenvalue weighted by molar-refractivity contribution is 7.11. The molecule has 102 valence electrons. The molecule has 0 aromatic carbocycles. The van der Waals surface area contributed by atoms with Crippen LogP contribution in [0.2, 0.25) is 0 Å². The molecule has 0 amide bonds. The van der Waals surface area contributed by atoms with E-state index in [1.54, 1.807) is 0 Å². The number of aryl methyl sites for hydroxylation is 1. The Hall–Kier alpha value is -0.410. The first kappa shape index (κ1) is 14.0. The Labute approximate surface area is 115 Å². The zero-order valence-electron chi connectivity index (χ0n) is 11.7. The van der Waals surface area contributed by atoms with Gasteiger partial charge in [0.1, 0.15) is 0 Å². The third-order valence-corrected chi connectivity index (χ3v) is 5.31. The van der Waals surface area contributed by atoms with Gasteiger partial charge < -0.3 is 5.32 Å². The number of nitrogens with zero attached hydrogens (tertiary/aromatic N) is 1. The van der Waals surface area contributed by atoms with E-state index >= 15 is 0 Å². The quantitative estimate of drug-likeness (QED) is 0.847. The maximum Gasteiger partial charge on any atom is 0.0940 e. The van der Waals surface area contributed by atoms with E-state index in [0.717, 1.165) is 25.3 Å². The molecule has 1 atom stereocenters. The number of hydrogen-bond acceptors (Lipinski definition) is 3. The average Bonchev–Trinajstić information content (AvgIpc) is 2.87. The number of rotatable bonds is 6. The Bertz CT molecular complexity index is 342. The minimum absolute atomic E-state index is 0.677. The average molecular weight is 266 g/mol. The molecule has 2 nitrogen and oxygen atoms in total. The van der Waals surface area contributed by atoms with Crippen LogP contribution in [0.3, 0.4) is 0 Å². The summed E-state index contributed by atoms with van der Waals surface area (Å²) in [5, 5.41) is 4.98. The normalized spacial score (nSPS) is 19.0. The van der Waals surface area contributed by atoms with Crippen LogP contribution in [-0.4, -0.2) is 17.6 Å². The van der Waals surface area contributed by atoms with Crippen molar-refractivity contribution < 1.29 is 0 Å². The summed E-state index contributed by atoms with van der Waals surface area (Å²) in [6, 6.07) is 0.677. The lowest BCUT2D eigenvalue weighted by atomic mass is 9.84. The van der Waals surface area contributed by atoms with Gasteiger partial charge in [0.05, 0.1) is 5.01 Å². The van der Waals surface area contributed by atoms with E-state index in [1.807, 2.05) is 17.5 Å².